The van der Waals surface area contributed by atoms with E-state index < -0.39 is 5.97 Å². The predicted molar refractivity (Wildman–Crippen MR) is 107 cm³/mol. The summed E-state index contributed by atoms with van der Waals surface area (Å²) in [6.07, 6.45) is 1.85. The van der Waals surface area contributed by atoms with Crippen LogP contribution in [0.15, 0.2) is 48.5 Å². The number of rotatable bonds is 5. The molecule has 0 saturated carbocycles. The lowest BCUT2D eigenvalue weighted by atomic mass is 9.86. The maximum atomic E-state index is 10.5. The Hall–Kier alpha value is -2.62. The van der Waals surface area contributed by atoms with Gasteiger partial charge in [0.25, 0.3) is 0 Å². The number of carbonyl (C=O) groups excluding carboxylic acids is 1. The van der Waals surface area contributed by atoms with E-state index in [4.69, 9.17) is 5.11 Å². The van der Waals surface area contributed by atoms with E-state index in [1.807, 2.05) is 6.92 Å². The smallest absolute Gasteiger partial charge is 0.337 e. The van der Waals surface area contributed by atoms with Crippen LogP contribution in [-0.4, -0.2) is 24.4 Å². The summed E-state index contributed by atoms with van der Waals surface area (Å²) in [6.45, 7) is 8.56. The average molecular weight is 355 g/mol. The van der Waals surface area contributed by atoms with Gasteiger partial charge in [-0.15, -0.1) is 0 Å². The number of hydrogen-bond donors (Lipinski definition) is 2. The third-order valence-electron chi connectivity index (χ3n) is 4.04. The topological polar surface area (TPSA) is 66.4 Å². The van der Waals surface area contributed by atoms with Gasteiger partial charge in [0.1, 0.15) is 6.29 Å². The second kappa shape index (κ2) is 9.76. The van der Waals surface area contributed by atoms with E-state index in [1.54, 1.807) is 31.3 Å². The van der Waals surface area contributed by atoms with E-state index in [-0.39, 0.29) is 11.3 Å². The number of para-hydroxylation sites is 1. The van der Waals surface area contributed by atoms with E-state index >= 15 is 0 Å². The second-order valence-corrected chi connectivity index (χ2v) is 7.37. The fourth-order valence-corrected chi connectivity index (χ4v) is 2.45. The lowest BCUT2D eigenvalue weighted by Gasteiger charge is -2.19. The Morgan fingerprint density at radius 1 is 1.12 bits per heavy atom. The molecule has 0 bridgehead atoms. The first-order valence-corrected chi connectivity index (χ1v) is 8.73. The fourth-order valence-electron chi connectivity index (χ4n) is 2.45. The van der Waals surface area contributed by atoms with E-state index in [0.29, 0.717) is 11.3 Å². The van der Waals surface area contributed by atoms with Crippen LogP contribution in [0.1, 0.15) is 49.2 Å². The summed E-state index contributed by atoms with van der Waals surface area (Å²) in [5.74, 6) is -0.791. The van der Waals surface area contributed by atoms with Crippen LogP contribution in [0.2, 0.25) is 0 Å². The van der Waals surface area contributed by atoms with Gasteiger partial charge in [-0.2, -0.15) is 0 Å². The number of benzene rings is 2. The third kappa shape index (κ3) is 6.71. The van der Waals surface area contributed by atoms with Crippen LogP contribution in [0.5, 0.6) is 0 Å². The van der Waals surface area contributed by atoms with Gasteiger partial charge >= 0.3 is 5.97 Å². The zero-order chi connectivity index (χ0) is 19.7. The first kappa shape index (κ1) is 21.4. The molecule has 4 nitrogen and oxygen atoms in total. The molecule has 0 spiro atoms. The Labute approximate surface area is 156 Å². The molecule has 4 heteroatoms. The van der Waals surface area contributed by atoms with Crippen molar-refractivity contribution >= 4 is 17.9 Å². The van der Waals surface area contributed by atoms with E-state index in [1.165, 1.54) is 11.1 Å². The van der Waals surface area contributed by atoms with Gasteiger partial charge in [0.05, 0.1) is 5.56 Å². The van der Waals surface area contributed by atoms with Crippen LogP contribution in [0.3, 0.4) is 0 Å². The maximum absolute atomic E-state index is 10.5. The molecule has 1 atom stereocenters. The zero-order valence-electron chi connectivity index (χ0n) is 16.2. The molecule has 2 aromatic rings. The molecular weight excluding hydrogens is 326 g/mol. The predicted octanol–water partition coefficient (Wildman–Crippen LogP) is 4.79. The highest BCUT2D eigenvalue weighted by atomic mass is 16.4. The summed E-state index contributed by atoms with van der Waals surface area (Å²) in [5, 5.41) is 11.5. The molecule has 2 N–H and O–H groups in total. The van der Waals surface area contributed by atoms with Crippen LogP contribution in [-0.2, 0) is 16.6 Å². The molecule has 0 aliphatic carbocycles. The number of aldehydes is 1. The molecule has 0 amide bonds. The molecule has 0 aromatic heterocycles. The summed E-state index contributed by atoms with van der Waals surface area (Å²) in [7, 11) is 1.70. The Balaban J connectivity index is 0.000000273. The number of nitrogens with one attached hydrogen (secondary N) is 1. The van der Waals surface area contributed by atoms with Gasteiger partial charge in [-0.05, 0) is 35.1 Å². The van der Waals surface area contributed by atoms with Gasteiger partial charge < -0.3 is 15.2 Å². The normalized spacial score (nSPS) is 11.7. The minimum absolute atomic E-state index is 0.116. The van der Waals surface area contributed by atoms with Crippen molar-refractivity contribution in [3.05, 3.63) is 65.2 Å². The molecule has 0 radical (unpaired) electrons. The van der Waals surface area contributed by atoms with E-state index in [2.05, 4.69) is 50.4 Å². The molecule has 0 aliphatic rings. The molecule has 140 valence electrons. The average Bonchev–Trinajstić information content (AvgIpc) is 2.61. The van der Waals surface area contributed by atoms with Gasteiger partial charge in [-0.3, -0.25) is 0 Å². The number of carbonyl (C=O) groups is 2. The zero-order valence-corrected chi connectivity index (χ0v) is 16.2. The molecule has 0 saturated heterocycles. The minimum atomic E-state index is -0.907. The number of carboxylic acid groups (broad SMARTS) is 1. The summed E-state index contributed by atoms with van der Waals surface area (Å²) >= 11 is 0. The number of carboxylic acids is 1. The molecule has 2 aromatic carbocycles. The van der Waals surface area contributed by atoms with Crippen molar-refractivity contribution < 1.29 is 14.7 Å². The SMILES string of the molecule is CC(C=O)Cc1ccc(C(C)(C)C)cc1.CNc1ccccc1C(=O)O. The van der Waals surface area contributed by atoms with Gasteiger partial charge in [-0.25, -0.2) is 4.79 Å². The monoisotopic (exact) mass is 355 g/mol. The molecule has 26 heavy (non-hydrogen) atoms. The van der Waals surface area contributed by atoms with Gasteiger partial charge in [0.15, 0.2) is 0 Å². The second-order valence-electron chi connectivity index (χ2n) is 7.37. The lowest BCUT2D eigenvalue weighted by molar-refractivity contribution is -0.110. The van der Waals surface area contributed by atoms with Crippen molar-refractivity contribution in [3.63, 3.8) is 0 Å². The van der Waals surface area contributed by atoms with Crippen molar-refractivity contribution in [1.29, 1.82) is 0 Å². The van der Waals surface area contributed by atoms with Gasteiger partial charge in [-0.1, -0.05) is 64.1 Å². The molecule has 0 fully saturated rings. The summed E-state index contributed by atoms with van der Waals surface area (Å²) in [4.78, 5) is 21.1. The van der Waals surface area contributed by atoms with Crippen molar-refractivity contribution in [2.45, 2.75) is 39.5 Å². The van der Waals surface area contributed by atoms with Gasteiger partial charge in [0, 0.05) is 18.7 Å². The van der Waals surface area contributed by atoms with Crippen LogP contribution >= 0.6 is 0 Å². The standard InChI is InChI=1S/C14H20O.C8H9NO2/c1-11(10-15)9-12-5-7-13(8-6-12)14(2,3)4;1-9-7-5-3-2-4-6(7)8(10)11/h5-8,10-11H,9H2,1-4H3;2-5,9H,1H3,(H,10,11). The van der Waals surface area contributed by atoms with Crippen molar-refractivity contribution in [1.82, 2.24) is 0 Å². The van der Waals surface area contributed by atoms with E-state index in [9.17, 15) is 9.59 Å². The van der Waals surface area contributed by atoms with Crippen LogP contribution < -0.4 is 5.32 Å². The highest BCUT2D eigenvalue weighted by Gasteiger charge is 2.13. The highest BCUT2D eigenvalue weighted by Crippen LogP contribution is 2.22. The Morgan fingerprint density at radius 3 is 2.12 bits per heavy atom. The molecular formula is C22H29NO3. The quantitative estimate of drug-likeness (QED) is 0.757. The van der Waals surface area contributed by atoms with Gasteiger partial charge in [0.2, 0.25) is 0 Å². The lowest BCUT2D eigenvalue weighted by Crippen LogP contribution is -2.11. The number of aromatic carboxylic acids is 1. The molecule has 1 unspecified atom stereocenters. The first-order chi connectivity index (χ1) is 12.2. The maximum Gasteiger partial charge on any atom is 0.337 e. The third-order valence-corrected chi connectivity index (χ3v) is 4.04. The first-order valence-electron chi connectivity index (χ1n) is 8.73. The van der Waals surface area contributed by atoms with Crippen molar-refractivity contribution in [3.8, 4) is 0 Å². The Morgan fingerprint density at radius 2 is 1.69 bits per heavy atom. The Kier molecular flexibility index (Phi) is 8.04. The summed E-state index contributed by atoms with van der Waals surface area (Å²) < 4.78 is 0. The van der Waals surface area contributed by atoms with Crippen LogP contribution in [0, 0.1) is 5.92 Å². The molecule has 0 heterocycles. The van der Waals surface area contributed by atoms with Crippen LogP contribution in [0.25, 0.3) is 0 Å². The summed E-state index contributed by atoms with van der Waals surface area (Å²) in [5.41, 5.74) is 3.72. The fraction of sp³-hybridized carbons (Fsp3) is 0.364. The molecule has 0 aliphatic heterocycles. The number of anilines is 1. The van der Waals surface area contributed by atoms with Crippen LogP contribution in [0.4, 0.5) is 5.69 Å². The largest absolute Gasteiger partial charge is 0.478 e. The van der Waals surface area contributed by atoms with Crippen molar-refractivity contribution in [2.75, 3.05) is 12.4 Å². The highest BCUT2D eigenvalue weighted by molar-refractivity contribution is 5.94. The van der Waals surface area contributed by atoms with Crippen molar-refractivity contribution in [2.24, 2.45) is 5.92 Å². The minimum Gasteiger partial charge on any atom is -0.478 e. The molecule has 2 rings (SSSR count). The summed E-state index contributed by atoms with van der Waals surface area (Å²) in [6, 6.07) is 15.3. The Bertz CT molecular complexity index is 715. The van der Waals surface area contributed by atoms with E-state index in [0.717, 1.165) is 12.7 Å². The number of hydrogen-bond acceptors (Lipinski definition) is 3.